The van der Waals surface area contributed by atoms with Crippen molar-refractivity contribution in [3.8, 4) is 0 Å². The Kier molecular flexibility index (Phi) is 5.34. The molecule has 12 nitrogen and oxygen atoms in total. The lowest BCUT2D eigenvalue weighted by molar-refractivity contribution is -0.422. The molecular weight excluding hydrogens is 324 g/mol. The summed E-state index contributed by atoms with van der Waals surface area (Å²) >= 11 is 0. The van der Waals surface area contributed by atoms with Gasteiger partial charge >= 0.3 is 11.4 Å². The van der Waals surface area contributed by atoms with Gasteiger partial charge in [0.25, 0.3) is 0 Å². The third-order valence-corrected chi connectivity index (χ3v) is 2.96. The number of rotatable bonds is 8. The van der Waals surface area contributed by atoms with E-state index in [1.54, 1.807) is 0 Å². The van der Waals surface area contributed by atoms with Gasteiger partial charge < -0.3 is 20.8 Å². The highest BCUT2D eigenvalue weighted by molar-refractivity contribution is 5.85. The van der Waals surface area contributed by atoms with Crippen LogP contribution in [0.15, 0.2) is 12.1 Å². The smallest absolute Gasteiger partial charge is 0.348 e. The Morgan fingerprint density at radius 3 is 1.54 bits per heavy atom. The van der Waals surface area contributed by atoms with Gasteiger partial charge in [0.1, 0.15) is 0 Å². The van der Waals surface area contributed by atoms with Crippen molar-refractivity contribution >= 4 is 34.0 Å². The van der Waals surface area contributed by atoms with Crippen molar-refractivity contribution in [1.29, 1.82) is 0 Å². The van der Waals surface area contributed by atoms with E-state index in [2.05, 4.69) is 20.6 Å². The van der Waals surface area contributed by atoms with Crippen LogP contribution in [-0.4, -0.2) is 56.3 Å². The van der Waals surface area contributed by atoms with E-state index >= 15 is 0 Å². The number of nitro benzene ring substituents is 2. The fourth-order valence-corrected chi connectivity index (χ4v) is 1.97. The minimum Gasteiger partial charge on any atom is -0.395 e. The normalized spacial score (nSPS) is 10.6. The molecule has 1 heterocycles. The summed E-state index contributed by atoms with van der Waals surface area (Å²) < 4.78 is 0. The van der Waals surface area contributed by atoms with Gasteiger partial charge in [-0.05, 0) is 0 Å². The highest BCUT2D eigenvalue weighted by Gasteiger charge is 2.26. The van der Waals surface area contributed by atoms with Crippen LogP contribution >= 0.6 is 0 Å². The first-order chi connectivity index (χ1) is 11.5. The molecule has 0 unspecified atom stereocenters. The van der Waals surface area contributed by atoms with Gasteiger partial charge in [-0.25, -0.2) is 9.97 Å². The molecule has 0 aliphatic heterocycles. The molecule has 0 spiro atoms. The van der Waals surface area contributed by atoms with Crippen molar-refractivity contribution in [3.05, 3.63) is 32.4 Å². The summed E-state index contributed by atoms with van der Waals surface area (Å²) in [5, 5.41) is 45.3. The molecule has 12 heteroatoms. The van der Waals surface area contributed by atoms with E-state index in [-0.39, 0.29) is 49.0 Å². The predicted octanol–water partition coefficient (Wildman–Crippen LogP) is 0.255. The number of aliphatic hydroxyl groups is 2. The summed E-state index contributed by atoms with van der Waals surface area (Å²) in [4.78, 5) is 28.6. The van der Waals surface area contributed by atoms with Crippen LogP contribution in [0.4, 0.5) is 23.0 Å². The number of hydrogen-bond donors (Lipinski definition) is 4. The number of nitrogens with zero attached hydrogens (tertiary/aromatic N) is 4. The Morgan fingerprint density at radius 2 is 1.25 bits per heavy atom. The lowest BCUT2D eigenvalue weighted by Crippen LogP contribution is -2.14. The average Bonchev–Trinajstić information content (AvgIpc) is 2.56. The molecule has 0 atom stereocenters. The van der Waals surface area contributed by atoms with E-state index in [1.807, 2.05) is 0 Å². The Labute approximate surface area is 134 Å². The molecular formula is C12H14N6O6. The SMILES string of the molecule is O=[N+]([O-])c1cc2nc(NCCO)c(NCCO)nc2cc1[N+](=O)[O-]. The number of aromatic nitrogens is 2. The van der Waals surface area contributed by atoms with Crippen molar-refractivity contribution in [1.82, 2.24) is 9.97 Å². The second-order valence-electron chi connectivity index (χ2n) is 4.57. The first-order valence-electron chi connectivity index (χ1n) is 6.82. The Morgan fingerprint density at radius 1 is 0.875 bits per heavy atom. The molecule has 0 aliphatic rings. The summed E-state index contributed by atoms with van der Waals surface area (Å²) in [5.74, 6) is 0.404. The highest BCUT2D eigenvalue weighted by atomic mass is 16.6. The van der Waals surface area contributed by atoms with Crippen molar-refractivity contribution < 1.29 is 20.1 Å². The minimum atomic E-state index is -0.863. The first-order valence-corrected chi connectivity index (χ1v) is 6.82. The summed E-state index contributed by atoms with van der Waals surface area (Å²) in [6.07, 6.45) is 0. The van der Waals surface area contributed by atoms with E-state index in [4.69, 9.17) is 10.2 Å². The molecule has 0 aliphatic carbocycles. The highest BCUT2D eigenvalue weighted by Crippen LogP contribution is 2.32. The number of nitro groups is 2. The number of benzene rings is 1. The molecule has 0 bridgehead atoms. The van der Waals surface area contributed by atoms with Crippen LogP contribution in [0.3, 0.4) is 0 Å². The zero-order valence-electron chi connectivity index (χ0n) is 12.3. The second-order valence-corrected chi connectivity index (χ2v) is 4.57. The number of aliphatic hydroxyl groups excluding tert-OH is 2. The Bertz CT molecular complexity index is 718. The predicted molar refractivity (Wildman–Crippen MR) is 84.0 cm³/mol. The summed E-state index contributed by atoms with van der Waals surface area (Å²) in [7, 11) is 0. The maximum atomic E-state index is 11.0. The fraction of sp³-hybridized carbons (Fsp3) is 0.333. The molecule has 4 N–H and O–H groups in total. The summed E-state index contributed by atoms with van der Waals surface area (Å²) in [6, 6.07) is 1.95. The van der Waals surface area contributed by atoms with Gasteiger partial charge in [-0.1, -0.05) is 0 Å². The van der Waals surface area contributed by atoms with Gasteiger partial charge in [0.2, 0.25) is 0 Å². The monoisotopic (exact) mass is 338 g/mol. The first kappa shape index (κ1) is 17.2. The molecule has 2 aromatic rings. The molecule has 0 amide bonds. The molecule has 128 valence electrons. The van der Waals surface area contributed by atoms with E-state index in [0.717, 1.165) is 12.1 Å². The van der Waals surface area contributed by atoms with Crippen molar-refractivity contribution in [3.63, 3.8) is 0 Å². The zero-order chi connectivity index (χ0) is 17.7. The Balaban J connectivity index is 2.62. The minimum absolute atomic E-state index is 0.0855. The van der Waals surface area contributed by atoms with Crippen LogP contribution < -0.4 is 10.6 Å². The number of fused-ring (bicyclic) bond motifs is 1. The van der Waals surface area contributed by atoms with Gasteiger partial charge in [0.15, 0.2) is 11.6 Å². The maximum absolute atomic E-state index is 11.0. The lowest BCUT2D eigenvalue weighted by atomic mass is 10.2. The van der Waals surface area contributed by atoms with Crippen molar-refractivity contribution in [2.45, 2.75) is 0 Å². The zero-order valence-corrected chi connectivity index (χ0v) is 12.3. The van der Waals surface area contributed by atoms with Gasteiger partial charge in [-0.3, -0.25) is 20.2 Å². The lowest BCUT2D eigenvalue weighted by Gasteiger charge is -2.12. The number of hydrogen-bond acceptors (Lipinski definition) is 10. The van der Waals surface area contributed by atoms with Crippen LogP contribution in [0.25, 0.3) is 11.0 Å². The van der Waals surface area contributed by atoms with Crippen LogP contribution in [0.5, 0.6) is 0 Å². The van der Waals surface area contributed by atoms with Crippen LogP contribution in [0.2, 0.25) is 0 Å². The molecule has 2 rings (SSSR count). The summed E-state index contributed by atoms with van der Waals surface area (Å²) in [6.45, 7) is -0.0503. The summed E-state index contributed by atoms with van der Waals surface area (Å²) in [5.41, 5.74) is -1.21. The third-order valence-electron chi connectivity index (χ3n) is 2.96. The average molecular weight is 338 g/mol. The molecule has 1 aromatic heterocycles. The Hall–Kier alpha value is -3.12. The van der Waals surface area contributed by atoms with E-state index < -0.39 is 21.2 Å². The van der Waals surface area contributed by atoms with Crippen LogP contribution in [0, 0.1) is 20.2 Å². The van der Waals surface area contributed by atoms with Crippen LogP contribution in [-0.2, 0) is 0 Å². The molecule has 1 aromatic carbocycles. The van der Waals surface area contributed by atoms with Gasteiger partial charge in [0.05, 0.1) is 46.2 Å². The molecule has 0 saturated carbocycles. The number of nitrogens with one attached hydrogen (secondary N) is 2. The molecule has 24 heavy (non-hydrogen) atoms. The standard InChI is InChI=1S/C12H14N6O6/c19-3-1-13-11-12(14-2-4-20)16-8-6-10(18(23)24)9(17(21)22)5-7(8)15-11/h5-6,19-20H,1-4H2,(H,13,15)(H,14,16). The number of anilines is 2. The van der Waals surface area contributed by atoms with E-state index in [1.165, 1.54) is 0 Å². The topological polar surface area (TPSA) is 177 Å². The molecule has 0 fully saturated rings. The largest absolute Gasteiger partial charge is 0.395 e. The maximum Gasteiger partial charge on any atom is 0.348 e. The van der Waals surface area contributed by atoms with E-state index in [9.17, 15) is 20.2 Å². The fourth-order valence-electron chi connectivity index (χ4n) is 1.97. The van der Waals surface area contributed by atoms with Gasteiger partial charge in [0, 0.05) is 13.1 Å². The quantitative estimate of drug-likeness (QED) is 0.385. The second kappa shape index (κ2) is 7.43. The van der Waals surface area contributed by atoms with E-state index in [0.29, 0.717) is 0 Å². The van der Waals surface area contributed by atoms with Gasteiger partial charge in [-0.15, -0.1) is 0 Å². The molecule has 0 saturated heterocycles. The van der Waals surface area contributed by atoms with Crippen molar-refractivity contribution in [2.75, 3.05) is 36.9 Å². The molecule has 0 radical (unpaired) electrons. The van der Waals surface area contributed by atoms with Gasteiger partial charge in [-0.2, -0.15) is 0 Å². The van der Waals surface area contributed by atoms with Crippen molar-refractivity contribution in [2.24, 2.45) is 0 Å². The third kappa shape index (κ3) is 3.61. The van der Waals surface area contributed by atoms with Crippen LogP contribution in [0.1, 0.15) is 0 Å².